The molecule has 0 fully saturated rings. The number of esters is 1. The Morgan fingerprint density at radius 1 is 0.405 bits per heavy atom. The zero-order chi connectivity index (χ0) is 30.6. The number of carbonyl (C=O) groups excluding carboxylic acids is 1. The average molecular weight is 615 g/mol. The van der Waals surface area contributed by atoms with Gasteiger partial charge in [0.25, 0.3) is 0 Å². The molecule has 0 radical (unpaired) electrons. The molecule has 1 unspecified atom stereocenters. The van der Waals surface area contributed by atoms with Crippen LogP contribution in [0, 0.1) is 5.92 Å². The van der Waals surface area contributed by atoms with E-state index in [0.29, 0.717) is 145 Å². The average Bonchev–Trinajstić information content (AvgIpc) is 2.98. The Balaban J connectivity index is 3.05. The summed E-state index contributed by atoms with van der Waals surface area (Å²) in [5, 5.41) is 0. The van der Waals surface area contributed by atoms with E-state index in [1.165, 1.54) is 6.92 Å². The Hall–Kier alpha value is -0.970. The van der Waals surface area contributed by atoms with Crippen molar-refractivity contribution >= 4 is 5.97 Å². The van der Waals surface area contributed by atoms with Crippen molar-refractivity contribution in [2.75, 3.05) is 152 Å². The molecule has 0 aromatic carbocycles. The van der Waals surface area contributed by atoms with Gasteiger partial charge in [-0.05, 0) is 5.92 Å². The second-order valence-electron chi connectivity index (χ2n) is 9.05. The van der Waals surface area contributed by atoms with Gasteiger partial charge in [-0.1, -0.05) is 20.3 Å². The van der Waals surface area contributed by atoms with Crippen LogP contribution in [0.3, 0.4) is 0 Å². The molecule has 13 heteroatoms. The second-order valence-corrected chi connectivity index (χ2v) is 9.05. The van der Waals surface area contributed by atoms with Crippen LogP contribution in [0.4, 0.5) is 0 Å². The van der Waals surface area contributed by atoms with Crippen LogP contribution < -0.4 is 0 Å². The molecule has 0 aliphatic carbocycles. The number of rotatable bonds is 36. The Morgan fingerprint density at radius 3 is 0.833 bits per heavy atom. The molecule has 0 aliphatic rings. The summed E-state index contributed by atoms with van der Waals surface area (Å²) >= 11 is 0. The van der Waals surface area contributed by atoms with Gasteiger partial charge in [0.15, 0.2) is 0 Å². The highest BCUT2D eigenvalue weighted by molar-refractivity contribution is 5.65. The Morgan fingerprint density at radius 2 is 0.619 bits per heavy atom. The van der Waals surface area contributed by atoms with E-state index < -0.39 is 0 Å². The predicted octanol–water partition coefficient (Wildman–Crippen LogP) is 1.78. The molecule has 252 valence electrons. The van der Waals surface area contributed by atoms with Crippen molar-refractivity contribution in [3.63, 3.8) is 0 Å². The molecule has 0 N–H and O–H groups in total. The van der Waals surface area contributed by atoms with Gasteiger partial charge in [-0.25, -0.2) is 0 Å². The minimum Gasteiger partial charge on any atom is -0.463 e. The van der Waals surface area contributed by atoms with E-state index in [1.54, 1.807) is 0 Å². The Bertz CT molecular complexity index is 528. The van der Waals surface area contributed by atoms with Crippen molar-refractivity contribution in [3.8, 4) is 0 Å². The molecule has 13 nitrogen and oxygen atoms in total. The molecule has 0 spiro atoms. The van der Waals surface area contributed by atoms with Crippen LogP contribution in [0.15, 0.2) is 0 Å². The van der Waals surface area contributed by atoms with E-state index in [4.69, 9.17) is 56.8 Å². The van der Waals surface area contributed by atoms with E-state index >= 15 is 0 Å². The molecule has 0 aliphatic heterocycles. The normalized spacial score (nSPS) is 12.2. The van der Waals surface area contributed by atoms with Crippen molar-refractivity contribution in [1.29, 1.82) is 0 Å². The quantitative estimate of drug-likeness (QED) is 0.0752. The first-order valence-corrected chi connectivity index (χ1v) is 15.1. The second kappa shape index (κ2) is 36.2. The molecular formula is C29H58O13. The molecule has 42 heavy (non-hydrogen) atoms. The van der Waals surface area contributed by atoms with E-state index in [2.05, 4.69) is 13.8 Å². The molecule has 1 atom stereocenters. The van der Waals surface area contributed by atoms with E-state index in [-0.39, 0.29) is 12.6 Å². The van der Waals surface area contributed by atoms with Crippen LogP contribution in [0.1, 0.15) is 27.2 Å². The first-order valence-electron chi connectivity index (χ1n) is 15.1. The fraction of sp³-hybridized carbons (Fsp3) is 0.966. The molecule has 0 bridgehead atoms. The first-order chi connectivity index (χ1) is 20.7. The zero-order valence-corrected chi connectivity index (χ0v) is 26.4. The number of ether oxygens (including phenoxy) is 12. The standard InChI is InChI=1S/C29H58O13/c1-4-28(2)27-41-24-23-39-20-19-37-16-15-35-12-11-33-8-7-31-5-6-32-9-10-34-13-14-36-17-18-38-21-22-40-25-26-42-29(3)30/h28H,4-27H2,1-3H3. The third-order valence-corrected chi connectivity index (χ3v) is 5.35. The van der Waals surface area contributed by atoms with Crippen LogP contribution >= 0.6 is 0 Å². The van der Waals surface area contributed by atoms with Gasteiger partial charge in [0.05, 0.1) is 139 Å². The van der Waals surface area contributed by atoms with Crippen molar-refractivity contribution in [2.24, 2.45) is 5.92 Å². The lowest BCUT2D eigenvalue weighted by molar-refractivity contribution is -0.142. The Kier molecular flexibility index (Phi) is 35.4. The molecule has 0 heterocycles. The van der Waals surface area contributed by atoms with Gasteiger partial charge < -0.3 is 56.8 Å². The van der Waals surface area contributed by atoms with Crippen molar-refractivity contribution in [2.45, 2.75) is 27.2 Å². The highest BCUT2D eigenvalue weighted by atomic mass is 16.6. The SMILES string of the molecule is CCC(C)COCCOCCOCCOCCOCCOCCOCCOCCOCCOCCOCCOC(C)=O. The minimum atomic E-state index is -0.310. The largest absolute Gasteiger partial charge is 0.463 e. The molecule has 0 rings (SSSR count). The molecule has 0 amide bonds. The number of hydrogen-bond donors (Lipinski definition) is 0. The summed E-state index contributed by atoms with van der Waals surface area (Å²) in [5.74, 6) is 0.286. The van der Waals surface area contributed by atoms with Crippen LogP contribution in [-0.2, 0) is 61.6 Å². The maximum absolute atomic E-state index is 10.6. The molecule has 0 aromatic rings. The van der Waals surface area contributed by atoms with Crippen LogP contribution in [0.25, 0.3) is 0 Å². The summed E-state index contributed by atoms with van der Waals surface area (Å²) in [6, 6.07) is 0. The van der Waals surface area contributed by atoms with Crippen molar-refractivity contribution < 1.29 is 61.6 Å². The third-order valence-electron chi connectivity index (χ3n) is 5.35. The highest BCUT2D eigenvalue weighted by Crippen LogP contribution is 2.00. The number of hydrogen-bond acceptors (Lipinski definition) is 13. The van der Waals surface area contributed by atoms with Gasteiger partial charge >= 0.3 is 5.97 Å². The lowest BCUT2D eigenvalue weighted by Crippen LogP contribution is -2.15. The fourth-order valence-electron chi connectivity index (χ4n) is 2.85. The maximum Gasteiger partial charge on any atom is 0.302 e. The van der Waals surface area contributed by atoms with Crippen LogP contribution in [-0.4, -0.2) is 158 Å². The van der Waals surface area contributed by atoms with Crippen molar-refractivity contribution in [1.82, 2.24) is 0 Å². The first kappa shape index (κ1) is 41.0. The summed E-state index contributed by atoms with van der Waals surface area (Å²) in [6.07, 6.45) is 1.13. The van der Waals surface area contributed by atoms with E-state index in [0.717, 1.165) is 13.0 Å². The zero-order valence-electron chi connectivity index (χ0n) is 26.4. The Labute approximate surface area is 252 Å². The lowest BCUT2D eigenvalue weighted by atomic mass is 10.1. The molecule has 0 aromatic heterocycles. The van der Waals surface area contributed by atoms with Gasteiger partial charge in [-0.2, -0.15) is 0 Å². The van der Waals surface area contributed by atoms with Gasteiger partial charge in [-0.15, -0.1) is 0 Å². The molecular weight excluding hydrogens is 556 g/mol. The van der Waals surface area contributed by atoms with Gasteiger partial charge in [-0.3, -0.25) is 4.79 Å². The van der Waals surface area contributed by atoms with Gasteiger partial charge in [0.1, 0.15) is 6.61 Å². The third kappa shape index (κ3) is 37.1. The predicted molar refractivity (Wildman–Crippen MR) is 155 cm³/mol. The summed E-state index contributed by atoms with van der Waals surface area (Å²) in [6.45, 7) is 17.5. The topological polar surface area (TPSA) is 128 Å². The maximum atomic E-state index is 10.6. The van der Waals surface area contributed by atoms with E-state index in [9.17, 15) is 4.79 Å². The monoisotopic (exact) mass is 614 g/mol. The summed E-state index contributed by atoms with van der Waals surface area (Å²) in [5.41, 5.74) is 0. The molecule has 0 saturated heterocycles. The summed E-state index contributed by atoms with van der Waals surface area (Å²) in [4.78, 5) is 10.6. The van der Waals surface area contributed by atoms with Crippen LogP contribution in [0.2, 0.25) is 0 Å². The van der Waals surface area contributed by atoms with Crippen LogP contribution in [0.5, 0.6) is 0 Å². The summed E-state index contributed by atoms with van der Waals surface area (Å²) in [7, 11) is 0. The van der Waals surface area contributed by atoms with Gasteiger partial charge in [0.2, 0.25) is 0 Å². The van der Waals surface area contributed by atoms with Crippen molar-refractivity contribution in [3.05, 3.63) is 0 Å². The smallest absolute Gasteiger partial charge is 0.302 e. The number of carbonyl (C=O) groups is 1. The van der Waals surface area contributed by atoms with E-state index in [1.807, 2.05) is 0 Å². The highest BCUT2D eigenvalue weighted by Gasteiger charge is 1.99. The summed E-state index contributed by atoms with van der Waals surface area (Å²) < 4.78 is 64.5. The lowest BCUT2D eigenvalue weighted by Gasteiger charge is -2.10. The minimum absolute atomic E-state index is 0.260. The molecule has 0 saturated carbocycles. The van der Waals surface area contributed by atoms with Gasteiger partial charge in [0, 0.05) is 13.5 Å². The fourth-order valence-corrected chi connectivity index (χ4v) is 2.85.